The van der Waals surface area contributed by atoms with Gasteiger partial charge in [0.2, 0.25) is 0 Å². The number of aromatic nitrogens is 2. The third-order valence-corrected chi connectivity index (χ3v) is 3.91. The molecule has 0 unspecified atom stereocenters. The third-order valence-electron chi connectivity index (χ3n) is 3.91. The van der Waals surface area contributed by atoms with Crippen molar-refractivity contribution in [3.63, 3.8) is 0 Å². The Balaban J connectivity index is 1.81. The molecule has 0 spiro atoms. The molecule has 25 heavy (non-hydrogen) atoms. The van der Waals surface area contributed by atoms with Crippen LogP contribution in [0.25, 0.3) is 22.6 Å². The number of rotatable bonds is 3. The molecule has 1 N–H and O–H groups in total. The standard InChI is InChI=1S/C19H15N3O3/c1-11-5-3-6-13(9-11)20-18(23)14-10-15(16-7-4-8-24-16)21-19-17(14)12(2)22-25-19/h3-10H,1-2H3,(H,20,23). The first-order valence-electron chi connectivity index (χ1n) is 7.81. The van der Waals surface area contributed by atoms with Gasteiger partial charge in [-0.1, -0.05) is 17.3 Å². The predicted octanol–water partition coefficient (Wildman–Crippen LogP) is 4.35. The lowest BCUT2D eigenvalue weighted by Crippen LogP contribution is -2.13. The zero-order valence-electron chi connectivity index (χ0n) is 13.7. The van der Waals surface area contributed by atoms with Gasteiger partial charge in [-0.05, 0) is 49.7 Å². The Morgan fingerprint density at radius 1 is 1.12 bits per heavy atom. The molecule has 0 aliphatic carbocycles. The van der Waals surface area contributed by atoms with Crippen LogP contribution in [-0.4, -0.2) is 16.0 Å². The van der Waals surface area contributed by atoms with Crippen molar-refractivity contribution in [3.05, 3.63) is 65.5 Å². The number of anilines is 1. The molecule has 6 heteroatoms. The first-order chi connectivity index (χ1) is 12.1. The quantitative estimate of drug-likeness (QED) is 0.603. The van der Waals surface area contributed by atoms with Crippen molar-refractivity contribution in [2.75, 3.05) is 5.32 Å². The first kappa shape index (κ1) is 15.1. The fraction of sp³-hybridized carbons (Fsp3) is 0.105. The maximum Gasteiger partial charge on any atom is 0.259 e. The van der Waals surface area contributed by atoms with Gasteiger partial charge in [-0.15, -0.1) is 0 Å². The summed E-state index contributed by atoms with van der Waals surface area (Å²) in [5.41, 5.74) is 3.67. The lowest BCUT2D eigenvalue weighted by molar-refractivity contribution is 0.102. The van der Waals surface area contributed by atoms with E-state index in [2.05, 4.69) is 15.5 Å². The topological polar surface area (TPSA) is 81.2 Å². The largest absolute Gasteiger partial charge is 0.463 e. The van der Waals surface area contributed by atoms with E-state index in [1.807, 2.05) is 31.2 Å². The number of carbonyl (C=O) groups is 1. The highest BCUT2D eigenvalue weighted by atomic mass is 16.5. The minimum Gasteiger partial charge on any atom is -0.463 e. The highest BCUT2D eigenvalue weighted by Gasteiger charge is 2.20. The Labute approximate surface area is 143 Å². The molecule has 124 valence electrons. The van der Waals surface area contributed by atoms with Gasteiger partial charge in [-0.2, -0.15) is 0 Å². The fourth-order valence-corrected chi connectivity index (χ4v) is 2.75. The molecule has 0 bridgehead atoms. The van der Waals surface area contributed by atoms with Gasteiger partial charge in [0.15, 0.2) is 5.76 Å². The zero-order valence-corrected chi connectivity index (χ0v) is 13.7. The summed E-state index contributed by atoms with van der Waals surface area (Å²) in [6, 6.07) is 12.8. The average Bonchev–Trinajstić information content (AvgIpc) is 3.24. The Bertz CT molecular complexity index is 1060. The van der Waals surface area contributed by atoms with E-state index < -0.39 is 0 Å². The van der Waals surface area contributed by atoms with Crippen LogP contribution in [-0.2, 0) is 0 Å². The summed E-state index contributed by atoms with van der Waals surface area (Å²) in [5, 5.41) is 7.45. The molecule has 0 radical (unpaired) electrons. The third kappa shape index (κ3) is 2.78. The summed E-state index contributed by atoms with van der Waals surface area (Å²) in [4.78, 5) is 17.3. The molecule has 0 saturated carbocycles. The van der Waals surface area contributed by atoms with Crippen LogP contribution in [0.1, 0.15) is 21.6 Å². The SMILES string of the molecule is Cc1cccc(NC(=O)c2cc(-c3ccco3)nc3onc(C)c23)c1. The summed E-state index contributed by atoms with van der Waals surface area (Å²) in [6.07, 6.45) is 1.55. The van der Waals surface area contributed by atoms with E-state index in [1.165, 1.54) is 0 Å². The van der Waals surface area contributed by atoms with Crippen LogP contribution in [0.4, 0.5) is 5.69 Å². The smallest absolute Gasteiger partial charge is 0.259 e. The maximum atomic E-state index is 12.9. The minimum atomic E-state index is -0.253. The summed E-state index contributed by atoms with van der Waals surface area (Å²) >= 11 is 0. The molecule has 0 aliphatic rings. The number of amides is 1. The summed E-state index contributed by atoms with van der Waals surface area (Å²) in [5.74, 6) is 0.303. The van der Waals surface area contributed by atoms with Crippen molar-refractivity contribution < 1.29 is 13.7 Å². The zero-order chi connectivity index (χ0) is 17.4. The van der Waals surface area contributed by atoms with Gasteiger partial charge in [0.25, 0.3) is 11.6 Å². The molecule has 3 aromatic heterocycles. The average molecular weight is 333 g/mol. The molecule has 6 nitrogen and oxygen atoms in total. The molecule has 0 atom stereocenters. The molecule has 1 aromatic carbocycles. The van der Waals surface area contributed by atoms with Crippen LogP contribution in [0.15, 0.2) is 57.7 Å². The number of furan rings is 1. The van der Waals surface area contributed by atoms with E-state index in [1.54, 1.807) is 31.4 Å². The van der Waals surface area contributed by atoms with Crippen molar-refractivity contribution in [3.8, 4) is 11.5 Å². The molecule has 4 rings (SSSR count). The molecule has 0 fully saturated rings. The number of hydrogen-bond donors (Lipinski definition) is 1. The van der Waals surface area contributed by atoms with E-state index >= 15 is 0 Å². The van der Waals surface area contributed by atoms with Crippen molar-refractivity contribution in [2.24, 2.45) is 0 Å². The van der Waals surface area contributed by atoms with Gasteiger partial charge < -0.3 is 14.3 Å². The number of nitrogens with one attached hydrogen (secondary N) is 1. The highest BCUT2D eigenvalue weighted by Crippen LogP contribution is 2.28. The molecule has 1 amide bonds. The van der Waals surface area contributed by atoms with Gasteiger partial charge in [-0.25, -0.2) is 4.98 Å². The van der Waals surface area contributed by atoms with Gasteiger partial charge >= 0.3 is 0 Å². The van der Waals surface area contributed by atoms with Crippen LogP contribution in [0.2, 0.25) is 0 Å². The second-order valence-corrected chi connectivity index (χ2v) is 5.80. The molecule has 4 aromatic rings. The van der Waals surface area contributed by atoms with Crippen molar-refractivity contribution in [2.45, 2.75) is 13.8 Å². The summed E-state index contributed by atoms with van der Waals surface area (Å²) < 4.78 is 10.7. The highest BCUT2D eigenvalue weighted by molar-refractivity contribution is 6.12. The van der Waals surface area contributed by atoms with Crippen molar-refractivity contribution in [1.29, 1.82) is 0 Å². The number of carbonyl (C=O) groups excluding carboxylic acids is 1. The van der Waals surface area contributed by atoms with Gasteiger partial charge in [-0.3, -0.25) is 4.79 Å². The monoisotopic (exact) mass is 333 g/mol. The van der Waals surface area contributed by atoms with Crippen molar-refractivity contribution >= 4 is 22.7 Å². The molecule has 0 saturated heterocycles. The first-order valence-corrected chi connectivity index (χ1v) is 7.81. The van der Waals surface area contributed by atoms with E-state index in [-0.39, 0.29) is 5.91 Å². The summed E-state index contributed by atoms with van der Waals surface area (Å²) in [7, 11) is 0. The normalized spacial score (nSPS) is 11.0. The number of fused-ring (bicyclic) bond motifs is 1. The van der Waals surface area contributed by atoms with E-state index in [0.717, 1.165) is 11.3 Å². The number of hydrogen-bond acceptors (Lipinski definition) is 5. The Morgan fingerprint density at radius 3 is 2.76 bits per heavy atom. The number of pyridine rings is 1. The molecular formula is C19H15N3O3. The Hall–Kier alpha value is -3.41. The van der Waals surface area contributed by atoms with Crippen LogP contribution in [0.5, 0.6) is 0 Å². The maximum absolute atomic E-state index is 12.9. The predicted molar refractivity (Wildman–Crippen MR) is 93.4 cm³/mol. The number of benzene rings is 1. The van der Waals surface area contributed by atoms with Crippen LogP contribution in [0, 0.1) is 13.8 Å². The molecule has 3 heterocycles. The lowest BCUT2D eigenvalue weighted by atomic mass is 10.1. The fourth-order valence-electron chi connectivity index (χ4n) is 2.75. The second-order valence-electron chi connectivity index (χ2n) is 5.80. The Morgan fingerprint density at radius 2 is 2.00 bits per heavy atom. The number of aryl methyl sites for hydroxylation is 2. The van der Waals surface area contributed by atoms with Gasteiger partial charge in [0.1, 0.15) is 5.69 Å². The van der Waals surface area contributed by atoms with Crippen LogP contribution < -0.4 is 5.32 Å². The van der Waals surface area contributed by atoms with Crippen LogP contribution in [0.3, 0.4) is 0 Å². The summed E-state index contributed by atoms with van der Waals surface area (Å²) in [6.45, 7) is 3.75. The Kier molecular flexibility index (Phi) is 3.57. The van der Waals surface area contributed by atoms with E-state index in [9.17, 15) is 4.79 Å². The number of nitrogens with zero attached hydrogens (tertiary/aromatic N) is 2. The second kappa shape index (κ2) is 5.90. The minimum absolute atomic E-state index is 0.253. The van der Waals surface area contributed by atoms with Gasteiger partial charge in [0, 0.05) is 5.69 Å². The van der Waals surface area contributed by atoms with Crippen LogP contribution >= 0.6 is 0 Å². The lowest BCUT2D eigenvalue weighted by Gasteiger charge is -2.08. The molecular weight excluding hydrogens is 318 g/mol. The molecule has 0 aliphatic heterocycles. The van der Waals surface area contributed by atoms with Crippen molar-refractivity contribution in [1.82, 2.24) is 10.1 Å². The van der Waals surface area contributed by atoms with E-state index in [4.69, 9.17) is 8.94 Å². The van der Waals surface area contributed by atoms with E-state index in [0.29, 0.717) is 33.8 Å². The van der Waals surface area contributed by atoms with Gasteiger partial charge in [0.05, 0.1) is 22.9 Å².